The highest BCUT2D eigenvalue weighted by Crippen LogP contribution is 2.45. The molecule has 140 valence electrons. The molecule has 0 aliphatic carbocycles. The van der Waals surface area contributed by atoms with Gasteiger partial charge in [0, 0.05) is 30.3 Å². The molecule has 3 aliphatic rings. The first-order valence-electron chi connectivity index (χ1n) is 9.13. The zero-order valence-corrected chi connectivity index (χ0v) is 17.6. The highest BCUT2D eigenvalue weighted by atomic mass is 127. The number of piperidine rings is 3. The molecule has 4 nitrogen and oxygen atoms in total. The van der Waals surface area contributed by atoms with Gasteiger partial charge in [0.25, 0.3) is 0 Å². The Morgan fingerprint density at radius 3 is 2.88 bits per heavy atom. The van der Waals surface area contributed by atoms with Crippen LogP contribution in [0.5, 0.6) is 5.75 Å². The highest BCUT2D eigenvalue weighted by molar-refractivity contribution is 5.83. The molecule has 0 spiro atoms. The molecular formula is C21H27IN2O2. The number of likely N-dealkylation sites (N-methyl/N-ethyl adjacent to an activating group) is 1. The molecule has 0 radical (unpaired) electrons. The number of nitrogens with zero attached hydrogens (tertiary/aromatic N) is 2. The molecular weight excluding hydrogens is 439 g/mol. The van der Waals surface area contributed by atoms with Crippen LogP contribution in [0.2, 0.25) is 0 Å². The first-order valence-corrected chi connectivity index (χ1v) is 9.13. The van der Waals surface area contributed by atoms with E-state index in [0.717, 1.165) is 46.2 Å². The van der Waals surface area contributed by atoms with Crippen LogP contribution in [0.15, 0.2) is 43.1 Å². The van der Waals surface area contributed by atoms with E-state index in [2.05, 4.69) is 24.7 Å². The van der Waals surface area contributed by atoms with Crippen LogP contribution in [0.25, 0.3) is 10.9 Å². The van der Waals surface area contributed by atoms with Crippen LogP contribution in [0.1, 0.15) is 24.5 Å². The Kier molecular flexibility index (Phi) is 5.61. The van der Waals surface area contributed by atoms with Crippen LogP contribution in [0.3, 0.4) is 0 Å². The number of ether oxygens (including phenoxy) is 1. The number of pyridine rings is 1. The summed E-state index contributed by atoms with van der Waals surface area (Å²) in [5, 5.41) is 12.3. The molecule has 4 heterocycles. The molecule has 2 bridgehead atoms. The van der Waals surface area contributed by atoms with E-state index in [0.29, 0.717) is 11.8 Å². The van der Waals surface area contributed by atoms with Crippen LogP contribution in [0.4, 0.5) is 0 Å². The first-order chi connectivity index (χ1) is 12.1. The summed E-state index contributed by atoms with van der Waals surface area (Å²) in [6.07, 6.45) is 5.73. The second-order valence-electron chi connectivity index (χ2n) is 7.87. The number of aromatic nitrogens is 1. The third kappa shape index (κ3) is 3.14. The molecule has 1 N–H and O–H groups in total. The summed E-state index contributed by atoms with van der Waals surface area (Å²) in [6, 6.07) is 8.06. The van der Waals surface area contributed by atoms with Gasteiger partial charge in [0.15, 0.2) is 0 Å². The predicted octanol–water partition coefficient (Wildman–Crippen LogP) is 0.322. The lowest BCUT2D eigenvalue weighted by molar-refractivity contribution is -0.956. The monoisotopic (exact) mass is 466 g/mol. The number of hydrogen-bond acceptors (Lipinski definition) is 3. The zero-order chi connectivity index (χ0) is 17.6. The largest absolute Gasteiger partial charge is 1.00 e. The van der Waals surface area contributed by atoms with E-state index in [-0.39, 0.29) is 30.0 Å². The Balaban J connectivity index is 0.00000196. The smallest absolute Gasteiger partial charge is 0.131 e. The van der Waals surface area contributed by atoms with Gasteiger partial charge in [-0.25, -0.2) is 0 Å². The number of quaternary nitrogens is 1. The number of benzene rings is 1. The van der Waals surface area contributed by atoms with Gasteiger partial charge in [-0.05, 0) is 35.7 Å². The molecule has 3 aliphatic heterocycles. The van der Waals surface area contributed by atoms with Gasteiger partial charge in [0.05, 0.1) is 32.8 Å². The van der Waals surface area contributed by atoms with Crippen LogP contribution >= 0.6 is 0 Å². The molecule has 3 unspecified atom stereocenters. The standard InChI is InChI=1S/C21H27N2O2.HI/c1-4-14-13-23(2)10-8-15(14)11-20(23)21(24)17-7-9-22-19-6-5-16(25-3)12-18(17)19;/h4-7,9,12,14-15,20-21,24H,1,8,10-11,13H2,2-3H3;1H/q+1;/p-1/t14?,15?,20-,21+,23?;/m1./s1. The van der Waals surface area contributed by atoms with Gasteiger partial charge in [0.1, 0.15) is 17.9 Å². The number of aliphatic hydroxyl groups is 1. The minimum atomic E-state index is -0.490. The number of methoxy groups -OCH3 is 1. The van der Waals surface area contributed by atoms with E-state index in [9.17, 15) is 5.11 Å². The number of halogens is 1. The fourth-order valence-electron chi connectivity index (χ4n) is 5.03. The fourth-order valence-corrected chi connectivity index (χ4v) is 5.03. The van der Waals surface area contributed by atoms with Crippen molar-refractivity contribution in [2.45, 2.75) is 25.0 Å². The summed E-state index contributed by atoms with van der Waals surface area (Å²) in [6.45, 7) is 6.26. The maximum atomic E-state index is 11.3. The quantitative estimate of drug-likeness (QED) is 0.401. The first kappa shape index (κ1) is 19.6. The molecule has 0 amide bonds. The van der Waals surface area contributed by atoms with E-state index in [1.807, 2.05) is 24.3 Å². The molecule has 5 atom stereocenters. The van der Waals surface area contributed by atoms with Gasteiger partial charge in [-0.1, -0.05) is 6.08 Å². The Hall–Kier alpha value is -1.18. The number of fused-ring (bicyclic) bond motifs is 4. The lowest BCUT2D eigenvalue weighted by atomic mass is 9.72. The number of hydrogen-bond donors (Lipinski definition) is 1. The minimum absolute atomic E-state index is 0. The van der Waals surface area contributed by atoms with E-state index in [4.69, 9.17) is 4.74 Å². The van der Waals surface area contributed by atoms with E-state index >= 15 is 0 Å². The van der Waals surface area contributed by atoms with Crippen molar-refractivity contribution >= 4 is 10.9 Å². The summed E-state index contributed by atoms with van der Waals surface area (Å²) in [5.41, 5.74) is 1.87. The molecule has 3 fully saturated rings. The van der Waals surface area contributed by atoms with Crippen LogP contribution in [0, 0.1) is 11.8 Å². The fraction of sp³-hybridized carbons (Fsp3) is 0.476. The lowest BCUT2D eigenvalue weighted by Crippen LogP contribution is -3.00. The molecule has 3 saturated heterocycles. The number of rotatable bonds is 4. The van der Waals surface area contributed by atoms with Crippen molar-refractivity contribution in [1.29, 1.82) is 0 Å². The molecule has 1 aromatic heterocycles. The van der Waals surface area contributed by atoms with Gasteiger partial charge in [0.2, 0.25) is 0 Å². The predicted molar refractivity (Wildman–Crippen MR) is 99.4 cm³/mol. The molecule has 2 aromatic rings. The normalized spacial score (nSPS) is 31.3. The molecule has 0 saturated carbocycles. The average Bonchev–Trinajstić information content (AvgIpc) is 2.66. The summed E-state index contributed by atoms with van der Waals surface area (Å²) < 4.78 is 6.31. The Labute approximate surface area is 172 Å². The van der Waals surface area contributed by atoms with Gasteiger partial charge >= 0.3 is 0 Å². The second kappa shape index (κ2) is 7.44. The maximum Gasteiger partial charge on any atom is 0.131 e. The van der Waals surface area contributed by atoms with Crippen LogP contribution in [-0.4, -0.2) is 47.9 Å². The number of aliphatic hydroxyl groups excluding tert-OH is 1. The van der Waals surface area contributed by atoms with Crippen LogP contribution < -0.4 is 28.7 Å². The van der Waals surface area contributed by atoms with Gasteiger partial charge in [-0.2, -0.15) is 0 Å². The summed E-state index contributed by atoms with van der Waals surface area (Å²) in [4.78, 5) is 4.45. The maximum absolute atomic E-state index is 11.3. The zero-order valence-electron chi connectivity index (χ0n) is 15.4. The van der Waals surface area contributed by atoms with E-state index < -0.39 is 6.10 Å². The van der Waals surface area contributed by atoms with E-state index in [1.54, 1.807) is 13.3 Å². The van der Waals surface area contributed by atoms with Crippen molar-refractivity contribution in [3.05, 3.63) is 48.7 Å². The third-order valence-corrected chi connectivity index (χ3v) is 6.56. The Bertz CT molecular complexity index is 812. The van der Waals surface area contributed by atoms with E-state index in [1.165, 1.54) is 6.42 Å². The SMILES string of the molecule is C=CC1C[N+]2(C)CCC1C[C@@H]2[C@@H](O)c1ccnc2ccc(OC)cc12.[I-]. The lowest BCUT2D eigenvalue weighted by Gasteiger charge is -2.56. The Morgan fingerprint density at radius 1 is 1.38 bits per heavy atom. The third-order valence-electron chi connectivity index (χ3n) is 6.56. The van der Waals surface area contributed by atoms with Crippen molar-refractivity contribution < 1.29 is 38.3 Å². The topological polar surface area (TPSA) is 42.4 Å². The summed E-state index contributed by atoms with van der Waals surface area (Å²) in [7, 11) is 3.96. The molecule has 26 heavy (non-hydrogen) atoms. The molecule has 5 rings (SSSR count). The minimum Gasteiger partial charge on any atom is -1.00 e. The van der Waals surface area contributed by atoms with Crippen molar-refractivity contribution in [2.75, 3.05) is 27.2 Å². The average molecular weight is 466 g/mol. The van der Waals surface area contributed by atoms with Gasteiger partial charge in [-0.15, -0.1) is 6.58 Å². The highest BCUT2D eigenvalue weighted by Gasteiger charge is 2.51. The van der Waals surface area contributed by atoms with Gasteiger partial charge in [-0.3, -0.25) is 4.98 Å². The Morgan fingerprint density at radius 2 is 2.19 bits per heavy atom. The second-order valence-corrected chi connectivity index (χ2v) is 7.87. The summed E-state index contributed by atoms with van der Waals surface area (Å²) in [5.74, 6) is 2.03. The van der Waals surface area contributed by atoms with Gasteiger partial charge < -0.3 is 38.3 Å². The van der Waals surface area contributed by atoms with Crippen molar-refractivity contribution in [3.63, 3.8) is 0 Å². The molecule has 5 heteroatoms. The van der Waals surface area contributed by atoms with Crippen molar-refractivity contribution in [3.8, 4) is 5.75 Å². The van der Waals surface area contributed by atoms with Crippen molar-refractivity contribution in [1.82, 2.24) is 4.98 Å². The van der Waals surface area contributed by atoms with Crippen molar-refractivity contribution in [2.24, 2.45) is 11.8 Å². The summed E-state index contributed by atoms with van der Waals surface area (Å²) >= 11 is 0. The molecule has 1 aromatic carbocycles. The van der Waals surface area contributed by atoms with Crippen LogP contribution in [-0.2, 0) is 0 Å².